The van der Waals surface area contributed by atoms with Gasteiger partial charge in [-0.15, -0.1) is 0 Å². The summed E-state index contributed by atoms with van der Waals surface area (Å²) in [5.74, 6) is 0.140. The van der Waals surface area contributed by atoms with Crippen LogP contribution in [0.4, 0.5) is 5.69 Å². The molecule has 184 valence electrons. The van der Waals surface area contributed by atoms with Gasteiger partial charge in [0.2, 0.25) is 10.0 Å². The van der Waals surface area contributed by atoms with Gasteiger partial charge in [0, 0.05) is 66.0 Å². The molecule has 0 amide bonds. The summed E-state index contributed by atoms with van der Waals surface area (Å²) in [4.78, 5) is 30.1. The molecule has 1 N–H and O–H groups in total. The first-order chi connectivity index (χ1) is 16.5. The number of carbonyl (C=O) groups is 2. The predicted octanol–water partition coefficient (Wildman–Crippen LogP) is 4.34. The fourth-order valence-corrected chi connectivity index (χ4v) is 7.07. The van der Waals surface area contributed by atoms with Crippen LogP contribution in [-0.2, 0) is 16.4 Å². The van der Waals surface area contributed by atoms with Gasteiger partial charge in [0.25, 0.3) is 0 Å². The molecule has 0 spiro atoms. The first kappa shape index (κ1) is 23.8. The monoisotopic (exact) mass is 493 g/mol. The van der Waals surface area contributed by atoms with Crippen molar-refractivity contribution in [3.63, 3.8) is 0 Å². The molecule has 8 heteroatoms. The number of H-pyrrole nitrogens is 1. The normalized spacial score (nSPS) is 18.6. The molecule has 1 aromatic heterocycles. The molecule has 5 rings (SSSR count). The fourth-order valence-electron chi connectivity index (χ4n) is 5.41. The molecule has 0 atom stereocenters. The third kappa shape index (κ3) is 4.19. The average molecular weight is 494 g/mol. The number of nitrogens with zero attached hydrogens (tertiary/aromatic N) is 2. The minimum atomic E-state index is -3.69. The number of benzene rings is 2. The Morgan fingerprint density at radius 3 is 2.29 bits per heavy atom. The van der Waals surface area contributed by atoms with E-state index in [-0.39, 0.29) is 21.9 Å². The molecule has 0 saturated carbocycles. The lowest BCUT2D eigenvalue weighted by Gasteiger charge is -2.35. The lowest BCUT2D eigenvalue weighted by Crippen LogP contribution is -2.48. The minimum Gasteiger partial charge on any atom is -0.369 e. The van der Waals surface area contributed by atoms with Crippen LogP contribution in [0.2, 0.25) is 0 Å². The molecule has 0 unspecified atom stereocenters. The van der Waals surface area contributed by atoms with Crippen LogP contribution in [0.25, 0.3) is 10.9 Å². The second-order valence-corrected chi connectivity index (χ2v) is 12.5. The summed E-state index contributed by atoms with van der Waals surface area (Å²) in [6.07, 6.45) is 1.26. The van der Waals surface area contributed by atoms with E-state index in [1.165, 1.54) is 0 Å². The number of anilines is 1. The van der Waals surface area contributed by atoms with Crippen LogP contribution in [0.1, 0.15) is 59.2 Å². The lowest BCUT2D eigenvalue weighted by molar-refractivity contribution is 0.0912. The Balaban J connectivity index is 1.39. The van der Waals surface area contributed by atoms with Crippen molar-refractivity contribution in [2.24, 2.45) is 5.41 Å². The summed E-state index contributed by atoms with van der Waals surface area (Å²) < 4.78 is 28.8. The quantitative estimate of drug-likeness (QED) is 0.546. The molecular formula is C27H31N3O4S. The van der Waals surface area contributed by atoms with Crippen molar-refractivity contribution >= 4 is 38.2 Å². The number of sulfonamides is 1. The Hall–Kier alpha value is -2.97. The van der Waals surface area contributed by atoms with Gasteiger partial charge in [-0.1, -0.05) is 13.8 Å². The van der Waals surface area contributed by atoms with Crippen LogP contribution in [0.5, 0.6) is 0 Å². The number of carbonyl (C=O) groups excluding carboxylic acids is 2. The number of hydrogen-bond donors (Lipinski definition) is 1. The number of aromatic amines is 1. The van der Waals surface area contributed by atoms with E-state index in [2.05, 4.69) is 23.7 Å². The number of aryl methyl sites for hydroxylation is 1. The van der Waals surface area contributed by atoms with Crippen molar-refractivity contribution in [1.29, 1.82) is 0 Å². The largest absolute Gasteiger partial charge is 0.369 e. The zero-order valence-electron chi connectivity index (χ0n) is 20.6. The van der Waals surface area contributed by atoms with Crippen molar-refractivity contribution in [2.45, 2.75) is 45.4 Å². The van der Waals surface area contributed by atoms with Crippen molar-refractivity contribution in [2.75, 3.05) is 31.1 Å². The Bertz CT molecular complexity index is 1440. The summed E-state index contributed by atoms with van der Waals surface area (Å²) in [6.45, 7) is 9.40. The van der Waals surface area contributed by atoms with Gasteiger partial charge in [-0.05, 0) is 67.6 Å². The SMILES string of the molecule is CC(=O)c1ccc(N2CCN(S(=O)(=O)c3cc4[nH]c5c(c4cc3C)C(=O)CC(C)(C)C5)CC2)cc1. The summed E-state index contributed by atoms with van der Waals surface area (Å²) in [7, 11) is -3.69. The second-order valence-electron chi connectivity index (χ2n) is 10.6. The summed E-state index contributed by atoms with van der Waals surface area (Å²) in [5, 5.41) is 0.816. The Kier molecular flexibility index (Phi) is 5.64. The highest BCUT2D eigenvalue weighted by atomic mass is 32.2. The van der Waals surface area contributed by atoms with Crippen LogP contribution >= 0.6 is 0 Å². The minimum absolute atomic E-state index is 0.0239. The summed E-state index contributed by atoms with van der Waals surface area (Å²) in [5.41, 5.74) is 4.51. The van der Waals surface area contributed by atoms with Crippen molar-refractivity contribution in [3.8, 4) is 0 Å². The average Bonchev–Trinajstić information content (AvgIpc) is 3.14. The van der Waals surface area contributed by atoms with Crippen LogP contribution in [0.15, 0.2) is 41.3 Å². The maximum Gasteiger partial charge on any atom is 0.243 e. The zero-order chi connectivity index (χ0) is 25.1. The highest BCUT2D eigenvalue weighted by Crippen LogP contribution is 2.39. The number of ketones is 2. The summed E-state index contributed by atoms with van der Waals surface area (Å²) in [6, 6.07) is 11.0. The maximum atomic E-state index is 13.6. The standard InChI is InChI=1S/C27H31N3O4S/c1-17-13-21-22(28-23-15-27(3,4)16-24(32)26(21)23)14-25(17)35(33,34)30-11-9-29(10-12-30)20-7-5-19(6-8-20)18(2)31/h5-8,13-14,28H,9-12,15-16H2,1-4H3. The highest BCUT2D eigenvalue weighted by molar-refractivity contribution is 7.89. The number of rotatable bonds is 4. The first-order valence-corrected chi connectivity index (χ1v) is 13.4. The molecule has 3 aromatic rings. The van der Waals surface area contributed by atoms with Gasteiger partial charge in [-0.3, -0.25) is 9.59 Å². The van der Waals surface area contributed by atoms with Gasteiger partial charge in [0.1, 0.15) is 0 Å². The van der Waals surface area contributed by atoms with E-state index < -0.39 is 10.0 Å². The van der Waals surface area contributed by atoms with Gasteiger partial charge < -0.3 is 9.88 Å². The number of aromatic nitrogens is 1. The first-order valence-electron chi connectivity index (χ1n) is 12.0. The van der Waals surface area contributed by atoms with Crippen LogP contribution in [0, 0.1) is 12.3 Å². The van der Waals surface area contributed by atoms with E-state index in [0.717, 1.165) is 28.8 Å². The molecule has 0 bridgehead atoms. The third-order valence-electron chi connectivity index (χ3n) is 7.24. The molecule has 35 heavy (non-hydrogen) atoms. The molecule has 2 aromatic carbocycles. The van der Waals surface area contributed by atoms with E-state index in [1.54, 1.807) is 36.4 Å². The van der Waals surface area contributed by atoms with Gasteiger partial charge in [0.05, 0.1) is 4.90 Å². The number of fused-ring (bicyclic) bond motifs is 3. The van der Waals surface area contributed by atoms with Crippen molar-refractivity contribution in [1.82, 2.24) is 9.29 Å². The molecule has 1 aliphatic heterocycles. The topological polar surface area (TPSA) is 90.6 Å². The van der Waals surface area contributed by atoms with Gasteiger partial charge in [-0.25, -0.2) is 8.42 Å². The predicted molar refractivity (Wildman–Crippen MR) is 137 cm³/mol. The molecule has 1 saturated heterocycles. The van der Waals surface area contributed by atoms with Crippen molar-refractivity contribution < 1.29 is 18.0 Å². The van der Waals surface area contributed by atoms with E-state index in [0.29, 0.717) is 49.2 Å². The Labute approximate surface area is 206 Å². The Morgan fingerprint density at radius 2 is 1.66 bits per heavy atom. The molecule has 0 radical (unpaired) electrons. The van der Waals surface area contributed by atoms with Crippen LogP contribution < -0.4 is 4.90 Å². The highest BCUT2D eigenvalue weighted by Gasteiger charge is 2.35. The lowest BCUT2D eigenvalue weighted by atomic mass is 9.76. The number of Topliss-reactive ketones (excluding diaryl/α,β-unsaturated/α-hetero) is 2. The number of hydrogen-bond acceptors (Lipinski definition) is 5. The fraction of sp³-hybridized carbons (Fsp3) is 0.407. The second kappa shape index (κ2) is 8.31. The molecular weight excluding hydrogens is 462 g/mol. The van der Waals surface area contributed by atoms with Crippen molar-refractivity contribution in [3.05, 3.63) is 58.8 Å². The molecule has 1 fully saturated rings. The smallest absolute Gasteiger partial charge is 0.243 e. The molecule has 2 heterocycles. The van der Waals surface area contributed by atoms with Gasteiger partial charge in [-0.2, -0.15) is 4.31 Å². The van der Waals surface area contributed by atoms with E-state index in [1.807, 2.05) is 18.2 Å². The third-order valence-corrected chi connectivity index (χ3v) is 9.28. The summed E-state index contributed by atoms with van der Waals surface area (Å²) >= 11 is 0. The van der Waals surface area contributed by atoms with E-state index in [9.17, 15) is 18.0 Å². The van der Waals surface area contributed by atoms with E-state index in [4.69, 9.17) is 0 Å². The van der Waals surface area contributed by atoms with Gasteiger partial charge >= 0.3 is 0 Å². The zero-order valence-corrected chi connectivity index (χ0v) is 21.5. The molecule has 2 aliphatic rings. The van der Waals surface area contributed by atoms with Gasteiger partial charge in [0.15, 0.2) is 11.6 Å². The molecule has 1 aliphatic carbocycles. The van der Waals surface area contributed by atoms with Crippen LogP contribution in [-0.4, -0.2) is 55.5 Å². The van der Waals surface area contributed by atoms with Crippen LogP contribution in [0.3, 0.4) is 0 Å². The number of nitrogens with one attached hydrogen (secondary N) is 1. The number of piperazine rings is 1. The molecule has 7 nitrogen and oxygen atoms in total. The maximum absolute atomic E-state index is 13.6. The van der Waals surface area contributed by atoms with E-state index >= 15 is 0 Å². The Morgan fingerprint density at radius 1 is 1.00 bits per heavy atom.